The SMILES string of the molecule is CC(C)N(C)c1cc(C(=O)N(C)C)c(C=NSC(C)(C)C)c(Cl)n1. The fraction of sp³-hybridized carbons (Fsp3) is 0.588. The van der Waals surface area contributed by atoms with E-state index in [1.807, 2.05) is 11.9 Å². The maximum Gasteiger partial charge on any atom is 0.254 e. The van der Waals surface area contributed by atoms with E-state index in [0.29, 0.717) is 16.9 Å². The lowest BCUT2D eigenvalue weighted by atomic mass is 10.1. The Labute approximate surface area is 154 Å². The minimum atomic E-state index is -0.125. The number of pyridine rings is 1. The van der Waals surface area contributed by atoms with Crippen LogP contribution in [-0.2, 0) is 0 Å². The molecule has 0 aliphatic carbocycles. The van der Waals surface area contributed by atoms with Crippen LogP contribution in [0.1, 0.15) is 50.5 Å². The molecule has 1 rings (SSSR count). The normalized spacial score (nSPS) is 12.1. The Bertz CT molecular complexity index is 624. The Kier molecular flexibility index (Phi) is 7.10. The number of nitrogens with zero attached hydrogens (tertiary/aromatic N) is 4. The lowest BCUT2D eigenvalue weighted by Crippen LogP contribution is -2.28. The van der Waals surface area contributed by atoms with E-state index in [1.54, 1.807) is 26.4 Å². The van der Waals surface area contributed by atoms with E-state index in [4.69, 9.17) is 11.6 Å². The fourth-order valence-electron chi connectivity index (χ4n) is 1.73. The topological polar surface area (TPSA) is 48.8 Å². The van der Waals surface area contributed by atoms with Gasteiger partial charge in [0.15, 0.2) is 0 Å². The van der Waals surface area contributed by atoms with E-state index in [0.717, 1.165) is 0 Å². The van der Waals surface area contributed by atoms with Gasteiger partial charge in [0, 0.05) is 43.7 Å². The van der Waals surface area contributed by atoms with E-state index in [9.17, 15) is 4.79 Å². The summed E-state index contributed by atoms with van der Waals surface area (Å²) in [5, 5.41) is 0.281. The van der Waals surface area contributed by atoms with Crippen LogP contribution >= 0.6 is 23.5 Å². The first-order chi connectivity index (χ1) is 10.9. The summed E-state index contributed by atoms with van der Waals surface area (Å²) in [4.78, 5) is 20.5. The number of halogens is 1. The molecule has 134 valence electrons. The van der Waals surface area contributed by atoms with Crippen molar-refractivity contribution in [1.82, 2.24) is 9.88 Å². The smallest absolute Gasteiger partial charge is 0.254 e. The lowest BCUT2D eigenvalue weighted by Gasteiger charge is -2.24. The third-order valence-corrected chi connectivity index (χ3v) is 4.33. The average molecular weight is 371 g/mol. The highest BCUT2D eigenvalue weighted by molar-refractivity contribution is 7.99. The van der Waals surface area contributed by atoms with Gasteiger partial charge in [0.25, 0.3) is 5.91 Å². The molecule has 0 saturated heterocycles. The van der Waals surface area contributed by atoms with E-state index < -0.39 is 0 Å². The number of carbonyl (C=O) groups is 1. The second-order valence-corrected chi connectivity index (χ2v) is 9.05. The van der Waals surface area contributed by atoms with E-state index in [-0.39, 0.29) is 21.8 Å². The molecular formula is C17H27ClN4OS. The Balaban J connectivity index is 3.38. The van der Waals surface area contributed by atoms with Gasteiger partial charge in [-0.2, -0.15) is 0 Å². The Hall–Kier alpha value is -1.27. The summed E-state index contributed by atoms with van der Waals surface area (Å²) in [5.41, 5.74) is 1.05. The first kappa shape index (κ1) is 20.8. The Morgan fingerprint density at radius 1 is 1.33 bits per heavy atom. The van der Waals surface area contributed by atoms with Crippen molar-refractivity contribution in [3.8, 4) is 0 Å². The van der Waals surface area contributed by atoms with Crippen LogP contribution in [0, 0.1) is 0 Å². The largest absolute Gasteiger partial charge is 0.357 e. The van der Waals surface area contributed by atoms with Crippen molar-refractivity contribution < 1.29 is 4.79 Å². The van der Waals surface area contributed by atoms with Gasteiger partial charge in [-0.1, -0.05) is 11.6 Å². The molecule has 1 heterocycles. The van der Waals surface area contributed by atoms with Crippen LogP contribution in [0.4, 0.5) is 5.82 Å². The Morgan fingerprint density at radius 2 is 1.92 bits per heavy atom. The number of hydrogen-bond acceptors (Lipinski definition) is 5. The van der Waals surface area contributed by atoms with Crippen molar-refractivity contribution in [2.24, 2.45) is 4.40 Å². The predicted molar refractivity (Wildman–Crippen MR) is 106 cm³/mol. The lowest BCUT2D eigenvalue weighted by molar-refractivity contribution is 0.0827. The molecule has 0 aliphatic rings. The quantitative estimate of drug-likeness (QED) is 0.444. The highest BCUT2D eigenvalue weighted by Crippen LogP contribution is 2.27. The van der Waals surface area contributed by atoms with Crippen LogP contribution in [0.25, 0.3) is 0 Å². The van der Waals surface area contributed by atoms with Gasteiger partial charge in [-0.15, -0.1) is 0 Å². The van der Waals surface area contributed by atoms with Crippen LogP contribution in [0.3, 0.4) is 0 Å². The molecule has 0 fully saturated rings. The van der Waals surface area contributed by atoms with Gasteiger partial charge in [-0.25, -0.2) is 9.38 Å². The molecule has 7 heteroatoms. The van der Waals surface area contributed by atoms with Crippen molar-refractivity contribution >= 4 is 41.5 Å². The van der Waals surface area contributed by atoms with Crippen LogP contribution in [0.5, 0.6) is 0 Å². The average Bonchev–Trinajstić information content (AvgIpc) is 2.45. The van der Waals surface area contributed by atoms with Crippen LogP contribution in [0.2, 0.25) is 5.15 Å². The second kappa shape index (κ2) is 8.21. The van der Waals surface area contributed by atoms with Gasteiger partial charge >= 0.3 is 0 Å². The van der Waals surface area contributed by atoms with Crippen LogP contribution in [0.15, 0.2) is 10.5 Å². The van der Waals surface area contributed by atoms with Gasteiger partial charge in [0.05, 0.1) is 5.56 Å². The standard InChI is InChI=1S/C17H27ClN4OS/c1-11(2)22(8)14-9-12(16(23)21(6)7)13(15(18)20-14)10-19-24-17(3,4)5/h9-11H,1-8H3. The molecule has 0 saturated carbocycles. The third kappa shape index (κ3) is 5.67. The molecule has 0 atom stereocenters. The van der Waals surface area contributed by atoms with Crippen molar-refractivity contribution in [2.75, 3.05) is 26.0 Å². The molecule has 5 nitrogen and oxygen atoms in total. The number of hydrogen-bond donors (Lipinski definition) is 0. The minimum Gasteiger partial charge on any atom is -0.357 e. The highest BCUT2D eigenvalue weighted by Gasteiger charge is 2.20. The molecule has 0 spiro atoms. The number of aromatic nitrogens is 1. The molecule has 0 bridgehead atoms. The summed E-state index contributed by atoms with van der Waals surface area (Å²) in [6, 6.07) is 2.02. The molecule has 1 aromatic heterocycles. The second-order valence-electron chi connectivity index (χ2n) is 7.07. The molecule has 0 radical (unpaired) electrons. The van der Waals surface area contributed by atoms with E-state index >= 15 is 0 Å². The Morgan fingerprint density at radius 3 is 2.38 bits per heavy atom. The van der Waals surface area contributed by atoms with Gasteiger partial charge < -0.3 is 9.80 Å². The van der Waals surface area contributed by atoms with E-state index in [2.05, 4.69) is 44.0 Å². The zero-order chi connectivity index (χ0) is 18.7. The zero-order valence-corrected chi connectivity index (χ0v) is 17.3. The number of carbonyl (C=O) groups excluding carboxylic acids is 1. The molecule has 1 amide bonds. The minimum absolute atomic E-state index is 0.0140. The van der Waals surface area contributed by atoms with Crippen molar-refractivity contribution in [1.29, 1.82) is 0 Å². The molecule has 0 unspecified atom stereocenters. The van der Waals surface area contributed by atoms with Gasteiger partial charge in [0.1, 0.15) is 11.0 Å². The summed E-state index contributed by atoms with van der Waals surface area (Å²) in [6.45, 7) is 10.3. The molecule has 0 N–H and O–H groups in total. The molecule has 24 heavy (non-hydrogen) atoms. The van der Waals surface area contributed by atoms with Gasteiger partial charge in [-0.3, -0.25) is 4.79 Å². The number of amides is 1. The number of rotatable bonds is 5. The first-order valence-corrected chi connectivity index (χ1v) is 8.95. The maximum absolute atomic E-state index is 12.6. The van der Waals surface area contributed by atoms with Crippen LogP contribution in [-0.4, -0.2) is 53.9 Å². The predicted octanol–water partition coefficient (Wildman–Crippen LogP) is 4.15. The number of anilines is 1. The van der Waals surface area contributed by atoms with Crippen LogP contribution < -0.4 is 4.90 Å². The summed E-state index contributed by atoms with van der Waals surface area (Å²) in [6.07, 6.45) is 1.63. The molecule has 1 aromatic rings. The summed E-state index contributed by atoms with van der Waals surface area (Å²) in [5.74, 6) is 0.542. The zero-order valence-electron chi connectivity index (χ0n) is 15.7. The molecule has 0 aromatic carbocycles. The molecular weight excluding hydrogens is 344 g/mol. The van der Waals surface area contributed by atoms with Crippen molar-refractivity contribution in [3.63, 3.8) is 0 Å². The maximum atomic E-state index is 12.6. The first-order valence-electron chi connectivity index (χ1n) is 7.80. The van der Waals surface area contributed by atoms with Gasteiger partial charge in [0.2, 0.25) is 0 Å². The molecule has 0 aliphatic heterocycles. The van der Waals surface area contributed by atoms with Crippen molar-refractivity contribution in [2.45, 2.75) is 45.4 Å². The highest BCUT2D eigenvalue weighted by atomic mass is 35.5. The monoisotopic (exact) mass is 370 g/mol. The summed E-state index contributed by atoms with van der Waals surface area (Å²) < 4.78 is 4.35. The van der Waals surface area contributed by atoms with E-state index in [1.165, 1.54) is 16.8 Å². The van der Waals surface area contributed by atoms with Gasteiger partial charge in [-0.05, 0) is 52.6 Å². The summed E-state index contributed by atoms with van der Waals surface area (Å²) >= 11 is 7.80. The summed E-state index contributed by atoms with van der Waals surface area (Å²) in [7, 11) is 5.36. The van der Waals surface area contributed by atoms with Crippen molar-refractivity contribution in [3.05, 3.63) is 22.3 Å². The fourth-order valence-corrected chi connectivity index (χ4v) is 2.45. The third-order valence-electron chi connectivity index (χ3n) is 3.28.